The van der Waals surface area contributed by atoms with Gasteiger partial charge in [0.1, 0.15) is 5.56 Å². The summed E-state index contributed by atoms with van der Waals surface area (Å²) < 4.78 is 1.76. The van der Waals surface area contributed by atoms with E-state index in [9.17, 15) is 4.79 Å². The van der Waals surface area contributed by atoms with E-state index >= 15 is 0 Å². The van der Waals surface area contributed by atoms with E-state index in [2.05, 4.69) is 15.4 Å². The summed E-state index contributed by atoms with van der Waals surface area (Å²) in [5.41, 5.74) is 2.17. The summed E-state index contributed by atoms with van der Waals surface area (Å²) in [4.78, 5) is 15.1. The molecular weight excluding hydrogens is 232 g/mol. The fraction of sp³-hybridized carbons (Fsp3) is 0.250. The second-order valence-electron chi connectivity index (χ2n) is 3.89. The van der Waals surface area contributed by atoms with Gasteiger partial charge in [-0.05, 0) is 19.9 Å². The Hall–Kier alpha value is -2.37. The van der Waals surface area contributed by atoms with Gasteiger partial charge in [-0.25, -0.2) is 4.79 Å². The van der Waals surface area contributed by atoms with Gasteiger partial charge in [0.25, 0.3) is 0 Å². The number of aromatic nitrogens is 3. The summed E-state index contributed by atoms with van der Waals surface area (Å²) in [7, 11) is 0. The largest absolute Gasteiger partial charge is 0.478 e. The van der Waals surface area contributed by atoms with Crippen LogP contribution >= 0.6 is 0 Å². The molecule has 0 radical (unpaired) electrons. The van der Waals surface area contributed by atoms with E-state index in [1.807, 2.05) is 20.0 Å². The quantitative estimate of drug-likeness (QED) is 0.863. The highest BCUT2D eigenvalue weighted by atomic mass is 16.4. The molecule has 6 nitrogen and oxygen atoms in total. The Bertz CT molecular complexity index is 577. The minimum Gasteiger partial charge on any atom is -0.478 e. The Morgan fingerprint density at radius 1 is 1.50 bits per heavy atom. The Labute approximate surface area is 104 Å². The van der Waals surface area contributed by atoms with E-state index < -0.39 is 5.97 Å². The van der Waals surface area contributed by atoms with E-state index in [0.29, 0.717) is 5.69 Å². The predicted molar refractivity (Wildman–Crippen MR) is 67.1 cm³/mol. The lowest BCUT2D eigenvalue weighted by atomic mass is 10.2. The van der Waals surface area contributed by atoms with Crippen molar-refractivity contribution in [3.63, 3.8) is 0 Å². The number of nitrogens with zero attached hydrogens (tertiary/aromatic N) is 3. The van der Waals surface area contributed by atoms with E-state index in [-0.39, 0.29) is 5.56 Å². The molecule has 0 saturated carbocycles. The zero-order valence-corrected chi connectivity index (χ0v) is 10.2. The Kier molecular flexibility index (Phi) is 3.27. The van der Waals surface area contributed by atoms with Crippen molar-refractivity contribution >= 4 is 17.3 Å². The molecule has 18 heavy (non-hydrogen) atoms. The average molecular weight is 246 g/mol. The van der Waals surface area contributed by atoms with Gasteiger partial charge in [0, 0.05) is 24.6 Å². The van der Waals surface area contributed by atoms with Crippen LogP contribution in [0.25, 0.3) is 0 Å². The molecule has 2 heterocycles. The van der Waals surface area contributed by atoms with Gasteiger partial charge in [-0.3, -0.25) is 9.67 Å². The molecule has 0 aliphatic rings. The first kappa shape index (κ1) is 12.1. The van der Waals surface area contributed by atoms with Crippen LogP contribution in [0.3, 0.4) is 0 Å². The summed E-state index contributed by atoms with van der Waals surface area (Å²) in [6.07, 6.45) is 4.83. The van der Waals surface area contributed by atoms with Gasteiger partial charge in [0.05, 0.1) is 17.6 Å². The van der Waals surface area contributed by atoms with Gasteiger partial charge >= 0.3 is 5.97 Å². The average Bonchev–Trinajstić information content (AvgIpc) is 2.76. The molecule has 0 bridgehead atoms. The molecule has 0 amide bonds. The Balaban J connectivity index is 2.32. The van der Waals surface area contributed by atoms with Gasteiger partial charge in [0.2, 0.25) is 0 Å². The van der Waals surface area contributed by atoms with E-state index in [1.54, 1.807) is 16.9 Å². The summed E-state index contributed by atoms with van der Waals surface area (Å²) in [5, 5.41) is 16.2. The van der Waals surface area contributed by atoms with Gasteiger partial charge in [-0.1, -0.05) is 0 Å². The lowest BCUT2D eigenvalue weighted by Gasteiger charge is -2.07. The number of aryl methyl sites for hydroxylation is 2. The van der Waals surface area contributed by atoms with Gasteiger partial charge in [0.15, 0.2) is 0 Å². The van der Waals surface area contributed by atoms with Crippen molar-refractivity contribution in [2.75, 3.05) is 5.32 Å². The summed E-state index contributed by atoms with van der Waals surface area (Å²) in [6, 6.07) is 1.70. The topological polar surface area (TPSA) is 80.0 Å². The highest BCUT2D eigenvalue weighted by Crippen LogP contribution is 2.20. The van der Waals surface area contributed by atoms with Crippen LogP contribution in [-0.4, -0.2) is 25.8 Å². The second kappa shape index (κ2) is 4.87. The third-order valence-electron chi connectivity index (χ3n) is 2.51. The van der Waals surface area contributed by atoms with Crippen LogP contribution in [0.15, 0.2) is 24.7 Å². The SMILES string of the molecule is CCn1cc(Nc2cc(C)ncc2C(=O)O)cn1. The van der Waals surface area contributed by atoms with Crippen molar-refractivity contribution in [3.05, 3.63) is 35.9 Å². The zero-order valence-electron chi connectivity index (χ0n) is 10.2. The third-order valence-corrected chi connectivity index (χ3v) is 2.51. The summed E-state index contributed by atoms with van der Waals surface area (Å²) in [5.74, 6) is -1.01. The summed E-state index contributed by atoms with van der Waals surface area (Å²) in [6.45, 7) is 4.56. The monoisotopic (exact) mass is 246 g/mol. The number of hydrogen-bond acceptors (Lipinski definition) is 4. The van der Waals surface area contributed by atoms with Crippen molar-refractivity contribution in [1.82, 2.24) is 14.8 Å². The number of carboxylic acids is 1. The number of pyridine rings is 1. The van der Waals surface area contributed by atoms with Crippen molar-refractivity contribution in [1.29, 1.82) is 0 Å². The highest BCUT2D eigenvalue weighted by molar-refractivity contribution is 5.94. The molecule has 2 aromatic rings. The number of hydrogen-bond donors (Lipinski definition) is 2. The minimum atomic E-state index is -1.01. The standard InChI is InChI=1S/C12H14N4O2/c1-3-16-7-9(5-14-16)15-11-4-8(2)13-6-10(11)12(17)18/h4-7H,3H2,1-2H3,(H,13,15)(H,17,18). The van der Waals surface area contributed by atoms with Crippen LogP contribution < -0.4 is 5.32 Å². The first-order valence-corrected chi connectivity index (χ1v) is 5.59. The Morgan fingerprint density at radius 2 is 2.28 bits per heavy atom. The molecule has 0 aliphatic carbocycles. The number of anilines is 2. The summed E-state index contributed by atoms with van der Waals surface area (Å²) >= 11 is 0. The fourth-order valence-corrected chi connectivity index (χ4v) is 1.59. The highest BCUT2D eigenvalue weighted by Gasteiger charge is 2.11. The number of carbonyl (C=O) groups is 1. The molecule has 2 rings (SSSR count). The fourth-order valence-electron chi connectivity index (χ4n) is 1.59. The van der Waals surface area contributed by atoms with Crippen LogP contribution in [-0.2, 0) is 6.54 Å². The van der Waals surface area contributed by atoms with Gasteiger partial charge in [-0.2, -0.15) is 5.10 Å². The normalized spacial score (nSPS) is 10.3. The third kappa shape index (κ3) is 2.48. The van der Waals surface area contributed by atoms with E-state index in [1.165, 1.54) is 6.20 Å². The molecule has 0 spiro atoms. The van der Waals surface area contributed by atoms with Gasteiger partial charge < -0.3 is 10.4 Å². The van der Waals surface area contributed by atoms with Crippen molar-refractivity contribution in [2.45, 2.75) is 20.4 Å². The van der Waals surface area contributed by atoms with Crippen LogP contribution in [0.1, 0.15) is 23.0 Å². The minimum absolute atomic E-state index is 0.143. The van der Waals surface area contributed by atoms with Crippen molar-refractivity contribution in [3.8, 4) is 0 Å². The van der Waals surface area contributed by atoms with Crippen LogP contribution in [0.2, 0.25) is 0 Å². The molecule has 0 aliphatic heterocycles. The molecular formula is C12H14N4O2. The number of aromatic carboxylic acids is 1. The molecule has 2 N–H and O–H groups in total. The maximum atomic E-state index is 11.1. The molecule has 0 aromatic carbocycles. The van der Waals surface area contributed by atoms with Crippen LogP contribution in [0, 0.1) is 6.92 Å². The molecule has 6 heteroatoms. The predicted octanol–water partition coefficient (Wildman–Crippen LogP) is 2.05. The number of carboxylic acid groups (broad SMARTS) is 1. The number of rotatable bonds is 4. The molecule has 0 fully saturated rings. The molecule has 94 valence electrons. The first-order chi connectivity index (χ1) is 8.60. The van der Waals surface area contributed by atoms with Crippen LogP contribution in [0.5, 0.6) is 0 Å². The number of nitrogens with one attached hydrogen (secondary N) is 1. The molecule has 0 unspecified atom stereocenters. The lowest BCUT2D eigenvalue weighted by molar-refractivity contribution is 0.0697. The molecule has 2 aromatic heterocycles. The van der Waals surface area contributed by atoms with Gasteiger partial charge in [-0.15, -0.1) is 0 Å². The second-order valence-corrected chi connectivity index (χ2v) is 3.89. The molecule has 0 saturated heterocycles. The zero-order chi connectivity index (χ0) is 13.1. The first-order valence-electron chi connectivity index (χ1n) is 5.59. The smallest absolute Gasteiger partial charge is 0.339 e. The lowest BCUT2D eigenvalue weighted by Crippen LogP contribution is -2.04. The Morgan fingerprint density at radius 3 is 2.89 bits per heavy atom. The van der Waals surface area contributed by atoms with E-state index in [4.69, 9.17) is 5.11 Å². The van der Waals surface area contributed by atoms with E-state index in [0.717, 1.165) is 17.9 Å². The van der Waals surface area contributed by atoms with Crippen molar-refractivity contribution < 1.29 is 9.90 Å². The maximum Gasteiger partial charge on any atom is 0.339 e. The van der Waals surface area contributed by atoms with Crippen molar-refractivity contribution in [2.24, 2.45) is 0 Å². The molecule has 0 atom stereocenters. The maximum absolute atomic E-state index is 11.1. The van der Waals surface area contributed by atoms with Crippen LogP contribution in [0.4, 0.5) is 11.4 Å².